The van der Waals surface area contributed by atoms with Gasteiger partial charge in [0, 0.05) is 18.8 Å². The van der Waals surface area contributed by atoms with Crippen LogP contribution in [0.2, 0.25) is 0 Å². The molecule has 0 saturated heterocycles. The molecule has 2 aromatic heterocycles. The molecule has 0 spiro atoms. The van der Waals surface area contributed by atoms with Crippen molar-refractivity contribution in [3.63, 3.8) is 0 Å². The van der Waals surface area contributed by atoms with Gasteiger partial charge in [0.25, 0.3) is 5.56 Å². The second-order valence-corrected chi connectivity index (χ2v) is 6.46. The summed E-state index contributed by atoms with van der Waals surface area (Å²) in [4.78, 5) is 31.6. The Morgan fingerprint density at radius 1 is 1.32 bits per heavy atom. The number of carbonyl (C=O) groups excluding carboxylic acids is 1. The third kappa shape index (κ3) is 2.52. The lowest BCUT2D eigenvalue weighted by molar-refractivity contribution is -0.119. The van der Waals surface area contributed by atoms with Crippen LogP contribution >= 0.6 is 0 Å². The number of hydrogen-bond acceptors (Lipinski definition) is 4. The minimum Gasteiger partial charge on any atom is -0.308 e. The molecule has 128 valence electrons. The number of fused-ring (bicyclic) bond motifs is 2. The van der Waals surface area contributed by atoms with Crippen LogP contribution in [0.5, 0.6) is 0 Å². The van der Waals surface area contributed by atoms with Crippen LogP contribution in [0.25, 0.3) is 11.0 Å². The zero-order chi connectivity index (χ0) is 17.6. The smallest absolute Gasteiger partial charge is 0.264 e. The highest BCUT2D eigenvalue weighted by Gasteiger charge is 2.28. The molecule has 0 saturated carbocycles. The van der Waals surface area contributed by atoms with Gasteiger partial charge in [-0.05, 0) is 31.4 Å². The van der Waals surface area contributed by atoms with Crippen LogP contribution in [-0.2, 0) is 24.8 Å². The van der Waals surface area contributed by atoms with Crippen LogP contribution in [0.3, 0.4) is 0 Å². The number of carbonyl (C=O) groups is 1. The van der Waals surface area contributed by atoms with Gasteiger partial charge in [0.05, 0.1) is 6.20 Å². The highest BCUT2D eigenvalue weighted by atomic mass is 16.2. The summed E-state index contributed by atoms with van der Waals surface area (Å²) in [5.41, 5.74) is 2.38. The molecule has 1 aliphatic heterocycles. The van der Waals surface area contributed by atoms with E-state index in [9.17, 15) is 9.59 Å². The molecule has 1 atom stereocenters. The molecule has 0 radical (unpaired) electrons. The molecule has 1 aromatic carbocycles. The Bertz CT molecular complexity index is 1020. The fraction of sp³-hybridized carbons (Fsp3) is 0.333. The van der Waals surface area contributed by atoms with Crippen molar-refractivity contribution in [1.29, 1.82) is 0 Å². The number of aryl methyl sites for hydroxylation is 2. The molecule has 3 heterocycles. The maximum absolute atomic E-state index is 13.0. The quantitative estimate of drug-likeness (QED) is 0.710. The maximum atomic E-state index is 13.0. The Kier molecular flexibility index (Phi) is 3.63. The lowest BCUT2D eigenvalue weighted by Gasteiger charge is -2.35. The van der Waals surface area contributed by atoms with Gasteiger partial charge < -0.3 is 4.90 Å². The first kappa shape index (κ1) is 15.6. The largest absolute Gasteiger partial charge is 0.308 e. The molecule has 7 nitrogen and oxygen atoms in total. The molecule has 0 aliphatic carbocycles. The Balaban J connectivity index is 1.69. The molecular formula is C18H19N5O2. The lowest BCUT2D eigenvalue weighted by atomic mass is 9.96. The highest BCUT2D eigenvalue weighted by molar-refractivity contribution is 5.95. The Morgan fingerprint density at radius 2 is 2.12 bits per heavy atom. The summed E-state index contributed by atoms with van der Waals surface area (Å²) < 4.78 is 2.90. The van der Waals surface area contributed by atoms with E-state index in [0.717, 1.165) is 18.5 Å². The molecule has 7 heteroatoms. The van der Waals surface area contributed by atoms with Gasteiger partial charge in [-0.1, -0.05) is 18.2 Å². The van der Waals surface area contributed by atoms with E-state index < -0.39 is 0 Å². The van der Waals surface area contributed by atoms with Crippen molar-refractivity contribution in [1.82, 2.24) is 19.3 Å². The van der Waals surface area contributed by atoms with Crippen molar-refractivity contribution in [2.75, 3.05) is 4.90 Å². The van der Waals surface area contributed by atoms with Crippen LogP contribution in [0.15, 0.2) is 41.6 Å². The van der Waals surface area contributed by atoms with E-state index in [4.69, 9.17) is 0 Å². The molecule has 3 aromatic rings. The van der Waals surface area contributed by atoms with Gasteiger partial charge in [-0.3, -0.25) is 18.8 Å². The molecule has 4 rings (SSSR count). The number of hydrogen-bond donors (Lipinski definition) is 0. The second kappa shape index (κ2) is 5.84. The molecule has 25 heavy (non-hydrogen) atoms. The average Bonchev–Trinajstić information content (AvgIpc) is 2.99. The first-order valence-electron chi connectivity index (χ1n) is 8.33. The first-order chi connectivity index (χ1) is 12.1. The number of benzene rings is 1. The number of aromatic nitrogens is 4. The molecule has 0 N–H and O–H groups in total. The molecule has 0 bridgehead atoms. The molecule has 1 aliphatic rings. The zero-order valence-corrected chi connectivity index (χ0v) is 14.2. The van der Waals surface area contributed by atoms with E-state index in [0.29, 0.717) is 11.0 Å². The van der Waals surface area contributed by atoms with Crippen molar-refractivity contribution in [2.24, 2.45) is 7.05 Å². The topological polar surface area (TPSA) is 73.0 Å². The van der Waals surface area contributed by atoms with Gasteiger partial charge in [-0.25, -0.2) is 4.98 Å². The fourth-order valence-corrected chi connectivity index (χ4v) is 3.47. The summed E-state index contributed by atoms with van der Waals surface area (Å²) in [5, 5.41) is 4.48. The van der Waals surface area contributed by atoms with Crippen molar-refractivity contribution < 1.29 is 4.79 Å². The SMILES string of the molecule is C[C@H]1CCc2ccccc2N1C(=O)Cn1cnc2c(cnn2C)c1=O. The summed E-state index contributed by atoms with van der Waals surface area (Å²) in [5.74, 6) is -0.105. The highest BCUT2D eigenvalue weighted by Crippen LogP contribution is 2.30. The first-order valence-corrected chi connectivity index (χ1v) is 8.33. The standard InChI is InChI=1S/C18H19N5O2/c1-12-7-8-13-5-3-4-6-15(13)23(12)16(24)10-22-11-19-17-14(18(22)25)9-20-21(17)2/h3-6,9,11-12H,7-8,10H2,1-2H3/t12-/m0/s1. The normalized spacial score (nSPS) is 16.9. The number of para-hydroxylation sites is 1. The van der Waals surface area contributed by atoms with Crippen molar-refractivity contribution >= 4 is 22.6 Å². The number of amides is 1. The summed E-state index contributed by atoms with van der Waals surface area (Å²) in [6.07, 6.45) is 4.79. The van der Waals surface area contributed by atoms with Crippen molar-refractivity contribution in [3.05, 3.63) is 52.7 Å². The predicted octanol–water partition coefficient (Wildman–Crippen LogP) is 1.50. The third-order valence-corrected chi connectivity index (χ3v) is 4.82. The minimum atomic E-state index is -0.246. The zero-order valence-electron chi connectivity index (χ0n) is 14.2. The molecule has 0 fully saturated rings. The Labute approximate surface area is 144 Å². The second-order valence-electron chi connectivity index (χ2n) is 6.46. The van der Waals surface area contributed by atoms with E-state index in [2.05, 4.69) is 16.1 Å². The van der Waals surface area contributed by atoms with Gasteiger partial charge in [0.1, 0.15) is 18.3 Å². The van der Waals surface area contributed by atoms with E-state index in [1.54, 1.807) is 16.6 Å². The summed E-state index contributed by atoms with van der Waals surface area (Å²) in [6.45, 7) is 2.01. The minimum absolute atomic E-state index is 0.0324. The van der Waals surface area contributed by atoms with Crippen LogP contribution in [0.4, 0.5) is 5.69 Å². The molecule has 1 amide bonds. The number of rotatable bonds is 2. The van der Waals surface area contributed by atoms with Crippen LogP contribution in [-0.4, -0.2) is 31.3 Å². The van der Waals surface area contributed by atoms with Gasteiger partial charge in [0.15, 0.2) is 5.65 Å². The summed E-state index contributed by atoms with van der Waals surface area (Å²) >= 11 is 0. The van der Waals surface area contributed by atoms with Crippen molar-refractivity contribution in [2.45, 2.75) is 32.4 Å². The predicted molar refractivity (Wildman–Crippen MR) is 94.5 cm³/mol. The van der Waals surface area contributed by atoms with E-state index in [1.165, 1.54) is 22.7 Å². The lowest BCUT2D eigenvalue weighted by Crippen LogP contribution is -2.44. The summed E-state index contributed by atoms with van der Waals surface area (Å²) in [6, 6.07) is 8.05. The van der Waals surface area contributed by atoms with Gasteiger partial charge in [0.2, 0.25) is 5.91 Å². The number of anilines is 1. The van der Waals surface area contributed by atoms with Crippen molar-refractivity contribution in [3.8, 4) is 0 Å². The monoisotopic (exact) mass is 337 g/mol. The van der Waals surface area contributed by atoms with Crippen LogP contribution < -0.4 is 10.5 Å². The van der Waals surface area contributed by atoms with Crippen LogP contribution in [0, 0.1) is 0 Å². The van der Waals surface area contributed by atoms with E-state index >= 15 is 0 Å². The molecular weight excluding hydrogens is 318 g/mol. The third-order valence-electron chi connectivity index (χ3n) is 4.82. The van der Waals surface area contributed by atoms with Crippen LogP contribution in [0.1, 0.15) is 18.9 Å². The summed E-state index contributed by atoms with van der Waals surface area (Å²) in [7, 11) is 1.73. The maximum Gasteiger partial charge on any atom is 0.264 e. The average molecular weight is 337 g/mol. The van der Waals surface area contributed by atoms with E-state index in [1.807, 2.05) is 25.1 Å². The van der Waals surface area contributed by atoms with E-state index in [-0.39, 0.29) is 24.1 Å². The molecule has 0 unspecified atom stereocenters. The fourth-order valence-electron chi connectivity index (χ4n) is 3.47. The van der Waals surface area contributed by atoms with Gasteiger partial charge in [-0.2, -0.15) is 5.10 Å². The van der Waals surface area contributed by atoms with Gasteiger partial charge >= 0.3 is 0 Å². The number of nitrogens with zero attached hydrogens (tertiary/aromatic N) is 5. The Morgan fingerprint density at radius 3 is 2.96 bits per heavy atom. The Hall–Kier alpha value is -2.96. The van der Waals surface area contributed by atoms with Gasteiger partial charge in [-0.15, -0.1) is 0 Å².